The molecule has 0 atom stereocenters. The number of rotatable bonds is 6. The molecule has 0 unspecified atom stereocenters. The molecule has 27 heavy (non-hydrogen) atoms. The fourth-order valence-electron chi connectivity index (χ4n) is 2.83. The third-order valence-corrected chi connectivity index (χ3v) is 4.20. The van der Waals surface area contributed by atoms with Crippen LogP contribution in [0.2, 0.25) is 0 Å². The van der Waals surface area contributed by atoms with Gasteiger partial charge < -0.3 is 10.7 Å². The molecule has 0 aliphatic carbocycles. The quantitative estimate of drug-likeness (QED) is 0.356. The second kappa shape index (κ2) is 8.63. The highest BCUT2D eigenvalue weighted by Crippen LogP contribution is 2.23. The van der Waals surface area contributed by atoms with Gasteiger partial charge in [0, 0.05) is 41.6 Å². The summed E-state index contributed by atoms with van der Waals surface area (Å²) in [5.41, 5.74) is 13.3. The van der Waals surface area contributed by atoms with Gasteiger partial charge in [-0.25, -0.2) is 5.43 Å². The molecule has 0 radical (unpaired) electrons. The molecule has 0 saturated heterocycles. The zero-order valence-corrected chi connectivity index (χ0v) is 15.1. The van der Waals surface area contributed by atoms with E-state index in [-0.39, 0.29) is 5.96 Å². The molecule has 0 spiro atoms. The summed E-state index contributed by atoms with van der Waals surface area (Å²) in [6.07, 6.45) is 8.70. The highest BCUT2D eigenvalue weighted by atomic mass is 15.3. The highest BCUT2D eigenvalue weighted by Gasteiger charge is 2.08. The number of hydrogen-bond donors (Lipinski definition) is 3. The first kappa shape index (κ1) is 18.1. The minimum absolute atomic E-state index is 0.252. The maximum Gasteiger partial charge on any atom is 0.209 e. The largest absolute Gasteiger partial charge is 0.369 e. The first-order valence-corrected chi connectivity index (χ1v) is 8.73. The van der Waals surface area contributed by atoms with Crippen molar-refractivity contribution in [1.29, 1.82) is 5.26 Å². The number of hydrazone groups is 1. The van der Waals surface area contributed by atoms with Crippen LogP contribution in [0, 0.1) is 11.3 Å². The average Bonchev–Trinajstić information content (AvgIpc) is 3.11. The molecule has 1 aromatic carbocycles. The summed E-state index contributed by atoms with van der Waals surface area (Å²) >= 11 is 0. The van der Waals surface area contributed by atoms with Gasteiger partial charge in [-0.15, -0.1) is 0 Å². The highest BCUT2D eigenvalue weighted by molar-refractivity contribution is 6.01. The van der Waals surface area contributed by atoms with E-state index in [4.69, 9.17) is 5.73 Å². The molecule has 0 bridgehead atoms. The maximum absolute atomic E-state index is 9.22. The molecular weight excluding hydrogens is 338 g/mol. The molecule has 136 valence electrons. The zero-order valence-electron chi connectivity index (χ0n) is 15.1. The van der Waals surface area contributed by atoms with E-state index in [2.05, 4.69) is 38.5 Å². The van der Waals surface area contributed by atoms with Gasteiger partial charge in [0.1, 0.15) is 0 Å². The number of aromatic nitrogens is 2. The second-order valence-electron chi connectivity index (χ2n) is 6.02. The predicted octanol–water partition coefficient (Wildman–Crippen LogP) is 2.48. The van der Waals surface area contributed by atoms with Crippen LogP contribution in [-0.2, 0) is 12.8 Å². The Balaban J connectivity index is 1.65. The number of nitrogens with zero attached hydrogens (tertiary/aromatic N) is 4. The molecule has 2 heterocycles. The van der Waals surface area contributed by atoms with Crippen LogP contribution in [0.3, 0.4) is 0 Å². The SMILES string of the molecule is CCc1cc(C#N)cc2c(/C=N/NC(N)=NCCc3cccnc3)c[nH]c12. The van der Waals surface area contributed by atoms with Gasteiger partial charge in [0.2, 0.25) is 5.96 Å². The lowest BCUT2D eigenvalue weighted by Gasteiger charge is -2.02. The lowest BCUT2D eigenvalue weighted by molar-refractivity contribution is 0.921. The monoisotopic (exact) mass is 359 g/mol. The fourth-order valence-corrected chi connectivity index (χ4v) is 2.83. The van der Waals surface area contributed by atoms with Crippen LogP contribution in [0.4, 0.5) is 0 Å². The molecule has 0 amide bonds. The molecule has 7 nitrogen and oxygen atoms in total. The molecule has 3 aromatic rings. The van der Waals surface area contributed by atoms with Gasteiger partial charge in [-0.3, -0.25) is 9.98 Å². The number of benzene rings is 1. The summed E-state index contributed by atoms with van der Waals surface area (Å²) in [5.74, 6) is 0.252. The fraction of sp³-hybridized carbons (Fsp3) is 0.200. The van der Waals surface area contributed by atoms with Crippen LogP contribution in [0.15, 0.2) is 52.9 Å². The van der Waals surface area contributed by atoms with Crippen LogP contribution < -0.4 is 11.2 Å². The topological polar surface area (TPSA) is 115 Å². The summed E-state index contributed by atoms with van der Waals surface area (Å²) in [6.45, 7) is 2.62. The average molecular weight is 359 g/mol. The van der Waals surface area contributed by atoms with E-state index < -0.39 is 0 Å². The van der Waals surface area contributed by atoms with Crippen molar-refractivity contribution in [1.82, 2.24) is 15.4 Å². The normalized spacial score (nSPS) is 11.8. The van der Waals surface area contributed by atoms with Crippen LogP contribution >= 0.6 is 0 Å². The Hall–Kier alpha value is -3.66. The molecule has 3 rings (SSSR count). The van der Waals surface area contributed by atoms with Gasteiger partial charge in [-0.2, -0.15) is 10.4 Å². The lowest BCUT2D eigenvalue weighted by Crippen LogP contribution is -2.27. The third-order valence-electron chi connectivity index (χ3n) is 4.20. The number of aliphatic imine (C=N–C) groups is 1. The Labute approximate surface area is 157 Å². The van der Waals surface area contributed by atoms with E-state index in [1.54, 1.807) is 12.4 Å². The van der Waals surface area contributed by atoms with E-state index >= 15 is 0 Å². The molecule has 7 heteroatoms. The van der Waals surface area contributed by atoms with Gasteiger partial charge >= 0.3 is 0 Å². The summed E-state index contributed by atoms with van der Waals surface area (Å²) in [6, 6.07) is 9.87. The molecule has 0 saturated carbocycles. The van der Waals surface area contributed by atoms with Crippen LogP contribution in [-0.4, -0.2) is 28.7 Å². The first-order chi connectivity index (χ1) is 13.2. The van der Waals surface area contributed by atoms with Crippen LogP contribution in [0.5, 0.6) is 0 Å². The maximum atomic E-state index is 9.22. The molecular formula is C20H21N7. The number of H-pyrrole nitrogens is 1. The van der Waals surface area contributed by atoms with Crippen molar-refractivity contribution >= 4 is 23.1 Å². The van der Waals surface area contributed by atoms with Crippen molar-refractivity contribution in [2.24, 2.45) is 15.8 Å². The zero-order chi connectivity index (χ0) is 19.1. The molecule has 0 fully saturated rings. The number of hydrogen-bond acceptors (Lipinski definition) is 4. The van der Waals surface area contributed by atoms with E-state index in [0.29, 0.717) is 12.1 Å². The molecule has 4 N–H and O–H groups in total. The Bertz CT molecular complexity index is 1010. The Morgan fingerprint density at radius 3 is 3.07 bits per heavy atom. The van der Waals surface area contributed by atoms with Gasteiger partial charge in [0.05, 0.1) is 17.8 Å². The second-order valence-corrected chi connectivity index (χ2v) is 6.02. The Morgan fingerprint density at radius 2 is 2.33 bits per heavy atom. The number of nitrogens with two attached hydrogens (primary N) is 1. The first-order valence-electron chi connectivity index (χ1n) is 8.73. The number of pyridine rings is 1. The summed E-state index contributed by atoms with van der Waals surface area (Å²) < 4.78 is 0. The van der Waals surface area contributed by atoms with Crippen LogP contribution in [0.25, 0.3) is 10.9 Å². The summed E-state index contributed by atoms with van der Waals surface area (Å²) in [7, 11) is 0. The van der Waals surface area contributed by atoms with Crippen molar-refractivity contribution in [3.05, 3.63) is 65.1 Å². The summed E-state index contributed by atoms with van der Waals surface area (Å²) in [5, 5.41) is 14.3. The van der Waals surface area contributed by atoms with Gasteiger partial charge in [0.15, 0.2) is 0 Å². The Morgan fingerprint density at radius 1 is 1.44 bits per heavy atom. The van der Waals surface area contributed by atoms with Crippen molar-refractivity contribution in [2.45, 2.75) is 19.8 Å². The minimum atomic E-state index is 0.252. The van der Waals surface area contributed by atoms with Crippen molar-refractivity contribution in [2.75, 3.05) is 6.54 Å². The number of nitrogens with one attached hydrogen (secondary N) is 2. The number of fused-ring (bicyclic) bond motifs is 1. The van der Waals surface area contributed by atoms with Crippen molar-refractivity contribution < 1.29 is 0 Å². The molecule has 0 aliphatic heterocycles. The van der Waals surface area contributed by atoms with Crippen molar-refractivity contribution in [3.63, 3.8) is 0 Å². The molecule has 2 aromatic heterocycles. The van der Waals surface area contributed by atoms with Crippen LogP contribution in [0.1, 0.15) is 29.2 Å². The van der Waals surface area contributed by atoms with E-state index in [1.807, 2.05) is 36.7 Å². The van der Waals surface area contributed by atoms with Gasteiger partial charge in [0.25, 0.3) is 0 Å². The third kappa shape index (κ3) is 4.50. The standard InChI is InChI=1S/C20H21N7/c1-2-16-8-15(10-21)9-18-17(12-25-19(16)18)13-26-27-20(22)24-7-5-14-4-3-6-23-11-14/h3-4,6,8-9,11-13,25H,2,5,7H2,1H3,(H3,22,24,27)/b26-13+. The molecule has 0 aliphatic rings. The minimum Gasteiger partial charge on any atom is -0.369 e. The van der Waals surface area contributed by atoms with E-state index in [1.165, 1.54) is 0 Å². The predicted molar refractivity (Wildman–Crippen MR) is 108 cm³/mol. The lowest BCUT2D eigenvalue weighted by atomic mass is 10.0. The van der Waals surface area contributed by atoms with E-state index in [0.717, 1.165) is 40.4 Å². The number of aryl methyl sites for hydroxylation is 1. The number of guanidine groups is 1. The van der Waals surface area contributed by atoms with E-state index in [9.17, 15) is 5.26 Å². The van der Waals surface area contributed by atoms with Gasteiger partial charge in [-0.05, 0) is 42.2 Å². The number of aromatic amines is 1. The van der Waals surface area contributed by atoms with Gasteiger partial charge in [-0.1, -0.05) is 13.0 Å². The smallest absolute Gasteiger partial charge is 0.209 e. The van der Waals surface area contributed by atoms with Crippen molar-refractivity contribution in [3.8, 4) is 6.07 Å². The number of nitriles is 1. The Kier molecular flexibility index (Phi) is 5.80. The summed E-state index contributed by atoms with van der Waals surface area (Å²) in [4.78, 5) is 11.6.